The molecule has 2 aliphatic rings. The standard InChI is InChI=1S/C21H20O6.C15H10O3.C14H10N2O2/c1-26-20-11-14(5-9-18(20)24)3-7-16(22)13-17(23)8-4-15-6-10-19(25)21(12-15)27-2;1-8-6-7-11-12(13(8)16)15(18)10-5-3-2-4-9(10)14(11)17;15-9-5-6-10(16)12-11(9)13(17)7-3-1-2-4-8(7)14(12)18/h3-12,24-25H,13H2,1-2H3;2-7,16H,1H3;1-6H,15-16H2/b7-3+,8-4+;;. The van der Waals surface area contributed by atoms with E-state index in [0.717, 1.165) is 0 Å². The number of allylic oxidation sites excluding steroid dienone is 2. The van der Waals surface area contributed by atoms with Gasteiger partial charge in [-0.15, -0.1) is 0 Å². The van der Waals surface area contributed by atoms with Crippen LogP contribution in [-0.4, -0.2) is 64.2 Å². The monoisotopic (exact) mass is 844 g/mol. The molecule has 0 saturated heterocycles. The van der Waals surface area contributed by atoms with Gasteiger partial charge in [0.05, 0.1) is 37.3 Å². The highest BCUT2D eigenvalue weighted by Gasteiger charge is 2.33. The molecule has 13 heteroatoms. The van der Waals surface area contributed by atoms with Crippen LogP contribution in [0.4, 0.5) is 11.4 Å². The number of carbonyl (C=O) groups excluding carboxylic acids is 6. The summed E-state index contributed by atoms with van der Waals surface area (Å²) in [5, 5.41) is 29.1. The van der Waals surface area contributed by atoms with Crippen molar-refractivity contribution >= 4 is 58.2 Å². The predicted molar refractivity (Wildman–Crippen MR) is 237 cm³/mol. The molecule has 0 amide bonds. The second kappa shape index (κ2) is 18.8. The number of fused-ring (bicyclic) bond motifs is 4. The summed E-state index contributed by atoms with van der Waals surface area (Å²) < 4.78 is 10.00. The lowest BCUT2D eigenvalue weighted by Gasteiger charge is -2.20. The summed E-state index contributed by atoms with van der Waals surface area (Å²) in [6, 6.07) is 29.1. The summed E-state index contributed by atoms with van der Waals surface area (Å²) in [5.74, 6) is -1.17. The van der Waals surface area contributed by atoms with Gasteiger partial charge in [-0.05, 0) is 78.2 Å². The zero-order valence-corrected chi connectivity index (χ0v) is 34.2. The first-order valence-corrected chi connectivity index (χ1v) is 19.2. The maximum Gasteiger partial charge on any atom is 0.198 e. The fourth-order valence-corrected chi connectivity index (χ4v) is 6.81. The number of aryl methyl sites for hydroxylation is 1. The van der Waals surface area contributed by atoms with Crippen LogP contribution in [0.5, 0.6) is 28.7 Å². The highest BCUT2D eigenvalue weighted by Crippen LogP contribution is 2.36. The third kappa shape index (κ3) is 9.27. The highest BCUT2D eigenvalue weighted by molar-refractivity contribution is 6.32. The van der Waals surface area contributed by atoms with E-state index < -0.39 is 0 Å². The summed E-state index contributed by atoms with van der Waals surface area (Å²) in [5.41, 5.74) is 16.4. The van der Waals surface area contributed by atoms with E-state index in [2.05, 4.69) is 0 Å². The zero-order chi connectivity index (χ0) is 45.5. The van der Waals surface area contributed by atoms with E-state index in [1.807, 2.05) is 0 Å². The van der Waals surface area contributed by atoms with Gasteiger partial charge in [-0.3, -0.25) is 28.8 Å². The molecule has 0 aliphatic heterocycles. The van der Waals surface area contributed by atoms with Crippen molar-refractivity contribution in [1.82, 2.24) is 0 Å². The SMILES string of the molecule is COc1cc(/C=C/C(=O)CC(=O)/C=C/c2ccc(O)c(OC)c2)ccc1O.Cc1ccc2c(c1O)C(=O)c1ccccc1C2=O.Nc1ccc(N)c2c1C(=O)c1ccccc1C2=O. The molecular weight excluding hydrogens is 805 g/mol. The van der Waals surface area contributed by atoms with Crippen LogP contribution < -0.4 is 20.9 Å². The van der Waals surface area contributed by atoms with Gasteiger partial charge in [-0.1, -0.05) is 78.9 Å². The molecule has 0 bridgehead atoms. The Balaban J connectivity index is 0.000000162. The van der Waals surface area contributed by atoms with Crippen molar-refractivity contribution in [2.75, 3.05) is 25.7 Å². The number of benzene rings is 6. The number of carbonyl (C=O) groups is 6. The molecule has 13 nitrogen and oxygen atoms in total. The Hall–Kier alpha value is -8.58. The number of methoxy groups -OCH3 is 2. The molecule has 2 aliphatic carbocycles. The van der Waals surface area contributed by atoms with Gasteiger partial charge in [0.2, 0.25) is 0 Å². The van der Waals surface area contributed by atoms with E-state index in [-0.39, 0.29) is 92.0 Å². The summed E-state index contributed by atoms with van der Waals surface area (Å²) in [6.45, 7) is 1.70. The highest BCUT2D eigenvalue weighted by atomic mass is 16.5. The second-order valence-electron chi connectivity index (χ2n) is 14.2. The lowest BCUT2D eigenvalue weighted by Crippen LogP contribution is -2.23. The first-order valence-electron chi connectivity index (χ1n) is 19.2. The Morgan fingerprint density at radius 1 is 0.524 bits per heavy atom. The molecule has 0 radical (unpaired) electrons. The van der Waals surface area contributed by atoms with Crippen LogP contribution in [0, 0.1) is 6.92 Å². The number of ketones is 6. The van der Waals surface area contributed by atoms with E-state index in [1.165, 1.54) is 38.5 Å². The van der Waals surface area contributed by atoms with Gasteiger partial charge in [0.25, 0.3) is 0 Å². The molecule has 0 atom stereocenters. The maximum absolute atomic E-state index is 12.3. The molecule has 7 N–H and O–H groups in total. The molecule has 0 aromatic heterocycles. The summed E-state index contributed by atoms with van der Waals surface area (Å²) in [4.78, 5) is 73.1. The van der Waals surface area contributed by atoms with Crippen molar-refractivity contribution < 1.29 is 53.6 Å². The fraction of sp³-hybridized carbons (Fsp3) is 0.0800. The van der Waals surface area contributed by atoms with Crippen LogP contribution in [-0.2, 0) is 9.59 Å². The molecule has 8 rings (SSSR count). The number of anilines is 2. The number of rotatable bonds is 8. The number of hydrogen-bond donors (Lipinski definition) is 5. The number of nitrogen functional groups attached to an aromatic ring is 2. The average Bonchev–Trinajstić information content (AvgIpc) is 3.29. The van der Waals surface area contributed by atoms with Crippen LogP contribution in [0.15, 0.2) is 121 Å². The molecule has 6 aromatic rings. The molecule has 0 spiro atoms. The molecule has 63 heavy (non-hydrogen) atoms. The van der Waals surface area contributed by atoms with Crippen LogP contribution in [0.3, 0.4) is 0 Å². The predicted octanol–water partition coefficient (Wildman–Crippen LogP) is 7.47. The van der Waals surface area contributed by atoms with Crippen molar-refractivity contribution in [2.45, 2.75) is 13.3 Å². The van der Waals surface area contributed by atoms with Crippen molar-refractivity contribution in [3.05, 3.63) is 183 Å². The Morgan fingerprint density at radius 2 is 0.921 bits per heavy atom. The number of ether oxygens (including phenoxy) is 2. The van der Waals surface area contributed by atoms with E-state index in [1.54, 1.807) is 116 Å². The third-order valence-corrected chi connectivity index (χ3v) is 10.1. The third-order valence-electron chi connectivity index (χ3n) is 10.1. The smallest absolute Gasteiger partial charge is 0.198 e. The van der Waals surface area contributed by atoms with Gasteiger partial charge in [-0.2, -0.15) is 0 Å². The normalized spacial score (nSPS) is 12.2. The molecular formula is C50H40N2O11. The number of phenols is 3. The molecule has 0 unspecified atom stereocenters. The van der Waals surface area contributed by atoms with Crippen molar-refractivity contribution in [2.24, 2.45) is 0 Å². The van der Waals surface area contributed by atoms with Crippen LogP contribution in [0.25, 0.3) is 12.2 Å². The van der Waals surface area contributed by atoms with E-state index >= 15 is 0 Å². The van der Waals surface area contributed by atoms with Gasteiger partial charge < -0.3 is 36.3 Å². The summed E-state index contributed by atoms with van der Waals surface area (Å²) in [6.07, 6.45) is 5.44. The minimum Gasteiger partial charge on any atom is -0.507 e. The molecule has 316 valence electrons. The largest absolute Gasteiger partial charge is 0.507 e. The Labute approximate surface area is 361 Å². The Bertz CT molecular complexity index is 2760. The molecule has 6 aromatic carbocycles. The maximum atomic E-state index is 12.3. The Kier molecular flexibility index (Phi) is 13.1. The van der Waals surface area contributed by atoms with Crippen LogP contribution in [0.1, 0.15) is 86.8 Å². The molecule has 0 fully saturated rings. The van der Waals surface area contributed by atoms with Gasteiger partial charge in [0.1, 0.15) is 5.75 Å². The quantitative estimate of drug-likeness (QED) is 0.0568. The summed E-state index contributed by atoms with van der Waals surface area (Å²) >= 11 is 0. The number of phenolic OH excluding ortho intramolecular Hbond substituents is 3. The van der Waals surface area contributed by atoms with E-state index in [0.29, 0.717) is 50.4 Å². The number of aromatic hydroxyl groups is 3. The minimum atomic E-state index is -0.347. The van der Waals surface area contributed by atoms with Gasteiger partial charge >= 0.3 is 0 Å². The molecule has 0 heterocycles. The van der Waals surface area contributed by atoms with Crippen LogP contribution >= 0.6 is 0 Å². The minimum absolute atomic E-state index is 0.00662. The van der Waals surface area contributed by atoms with Crippen molar-refractivity contribution in [1.29, 1.82) is 0 Å². The first-order chi connectivity index (χ1) is 30.1. The lowest BCUT2D eigenvalue weighted by molar-refractivity contribution is -0.121. The number of nitrogens with two attached hydrogens (primary N) is 2. The summed E-state index contributed by atoms with van der Waals surface area (Å²) in [7, 11) is 2.87. The van der Waals surface area contributed by atoms with Crippen LogP contribution in [0.2, 0.25) is 0 Å². The molecule has 0 saturated carbocycles. The van der Waals surface area contributed by atoms with E-state index in [9.17, 15) is 44.1 Å². The van der Waals surface area contributed by atoms with Crippen molar-refractivity contribution in [3.8, 4) is 28.7 Å². The van der Waals surface area contributed by atoms with E-state index in [4.69, 9.17) is 20.9 Å². The van der Waals surface area contributed by atoms with Gasteiger partial charge in [0, 0.05) is 39.2 Å². The van der Waals surface area contributed by atoms with Gasteiger partial charge in [-0.25, -0.2) is 0 Å². The number of hydrogen-bond acceptors (Lipinski definition) is 13. The second-order valence-corrected chi connectivity index (χ2v) is 14.2. The van der Waals surface area contributed by atoms with Gasteiger partial charge in [0.15, 0.2) is 57.7 Å². The van der Waals surface area contributed by atoms with Crippen molar-refractivity contribution in [3.63, 3.8) is 0 Å². The zero-order valence-electron chi connectivity index (χ0n) is 34.2. The Morgan fingerprint density at radius 3 is 1.33 bits per heavy atom. The average molecular weight is 845 g/mol. The topological polar surface area (TPSA) is 234 Å². The fourth-order valence-electron chi connectivity index (χ4n) is 6.81. The lowest BCUT2D eigenvalue weighted by atomic mass is 9.82. The first kappa shape index (κ1) is 44.0.